The summed E-state index contributed by atoms with van der Waals surface area (Å²) in [5.41, 5.74) is 0.0874. The van der Waals surface area contributed by atoms with Crippen molar-refractivity contribution >= 4 is 21.8 Å². The van der Waals surface area contributed by atoms with E-state index in [2.05, 4.69) is 4.36 Å². The number of hydrogen-bond donors (Lipinski definition) is 1. The van der Waals surface area contributed by atoms with Gasteiger partial charge in [0.05, 0.1) is 21.0 Å². The molecule has 0 spiro atoms. The summed E-state index contributed by atoms with van der Waals surface area (Å²) in [4.78, 5) is 22.3. The minimum atomic E-state index is -2.79. The average Bonchev–Trinajstić information content (AvgIpc) is 2.24. The Kier molecular flexibility index (Phi) is 5.11. The Labute approximate surface area is 124 Å². The summed E-state index contributed by atoms with van der Waals surface area (Å²) in [6.07, 6.45) is 0.499. The first kappa shape index (κ1) is 17.2. The van der Waals surface area contributed by atoms with Crippen molar-refractivity contribution in [3.63, 3.8) is 0 Å². The molecule has 0 heterocycles. The number of carbonyl (C=O) groups excluding carboxylic acids is 1. The van der Waals surface area contributed by atoms with Crippen LogP contribution >= 0.6 is 0 Å². The first-order valence-corrected chi connectivity index (χ1v) is 8.33. The van der Waals surface area contributed by atoms with Crippen molar-refractivity contribution in [1.29, 1.82) is 0 Å². The second-order valence-corrected chi connectivity index (χ2v) is 8.07. The summed E-state index contributed by atoms with van der Waals surface area (Å²) < 4.78 is 20.9. The number of carboxylic acids is 1. The maximum Gasteiger partial charge on any atom is 0.442 e. The number of rotatable bonds is 3. The van der Waals surface area contributed by atoms with Crippen molar-refractivity contribution in [1.82, 2.24) is 0 Å². The smallest absolute Gasteiger partial charge is 0.442 e. The Morgan fingerprint density at radius 3 is 2.19 bits per heavy atom. The summed E-state index contributed by atoms with van der Waals surface area (Å²) in [6, 6.07) is 5.94. The predicted octanol–water partition coefficient (Wildman–Crippen LogP) is 2.92. The molecule has 1 aromatic carbocycles. The van der Waals surface area contributed by atoms with E-state index in [4.69, 9.17) is 9.84 Å². The first-order valence-electron chi connectivity index (χ1n) is 6.23. The van der Waals surface area contributed by atoms with Gasteiger partial charge in [0.2, 0.25) is 0 Å². The van der Waals surface area contributed by atoms with Gasteiger partial charge in [-0.05, 0) is 38.5 Å². The number of amides is 1. The first-order chi connectivity index (χ1) is 9.48. The van der Waals surface area contributed by atoms with Gasteiger partial charge < -0.3 is 9.84 Å². The van der Waals surface area contributed by atoms with E-state index in [1.807, 2.05) is 0 Å². The number of ether oxygens (including phenoxy) is 1. The third-order valence-corrected chi connectivity index (χ3v) is 3.70. The summed E-state index contributed by atoms with van der Waals surface area (Å²) in [6.45, 7) is 5.09. The summed E-state index contributed by atoms with van der Waals surface area (Å²) >= 11 is 0. The fraction of sp³-hybridized carbons (Fsp3) is 0.429. The van der Waals surface area contributed by atoms with Gasteiger partial charge >= 0.3 is 12.1 Å². The Morgan fingerprint density at radius 1 is 1.24 bits per heavy atom. The summed E-state index contributed by atoms with van der Waals surface area (Å²) in [5, 5.41) is 8.80. The van der Waals surface area contributed by atoms with Crippen LogP contribution in [0.25, 0.3) is 0 Å². The maximum absolute atomic E-state index is 12.3. The van der Waals surface area contributed by atoms with E-state index < -0.39 is 27.4 Å². The lowest BCUT2D eigenvalue weighted by molar-refractivity contribution is 0.0606. The van der Waals surface area contributed by atoms with E-state index in [0.717, 1.165) is 0 Å². The zero-order valence-electron chi connectivity index (χ0n) is 12.5. The topological polar surface area (TPSA) is 93.0 Å². The molecule has 116 valence electrons. The van der Waals surface area contributed by atoms with Crippen molar-refractivity contribution in [2.45, 2.75) is 32.1 Å². The van der Waals surface area contributed by atoms with Crippen molar-refractivity contribution < 1.29 is 23.6 Å². The molecule has 0 saturated heterocycles. The molecule has 1 amide bonds. The lowest BCUT2D eigenvalue weighted by Gasteiger charge is -2.17. The minimum absolute atomic E-state index is 0.0478. The van der Waals surface area contributed by atoms with E-state index in [-0.39, 0.29) is 11.3 Å². The normalized spacial score (nSPS) is 14.1. The van der Waals surface area contributed by atoms with Gasteiger partial charge in [0.25, 0.3) is 0 Å². The monoisotopic (exact) mass is 313 g/mol. The molecule has 0 radical (unpaired) electrons. The molecule has 0 aliphatic rings. The van der Waals surface area contributed by atoms with E-state index >= 15 is 0 Å². The molecule has 0 aliphatic heterocycles. The second-order valence-electron chi connectivity index (χ2n) is 5.68. The van der Waals surface area contributed by atoms with E-state index in [1.165, 1.54) is 18.4 Å². The Hall–Kier alpha value is -1.89. The van der Waals surface area contributed by atoms with Gasteiger partial charge in [0.1, 0.15) is 5.60 Å². The minimum Gasteiger partial charge on any atom is -0.478 e. The van der Waals surface area contributed by atoms with Crippen LogP contribution in [0.1, 0.15) is 36.7 Å². The van der Waals surface area contributed by atoms with Gasteiger partial charge in [-0.2, -0.15) is 0 Å². The third kappa shape index (κ3) is 6.40. The fourth-order valence-electron chi connectivity index (χ4n) is 1.52. The zero-order chi connectivity index (χ0) is 16.3. The fourth-order valence-corrected chi connectivity index (χ4v) is 2.75. The van der Waals surface area contributed by atoms with Crippen molar-refractivity contribution in [2.24, 2.45) is 4.36 Å². The molecular weight excluding hydrogens is 294 g/mol. The van der Waals surface area contributed by atoms with Crippen molar-refractivity contribution in [3.05, 3.63) is 35.4 Å². The lowest BCUT2D eigenvalue weighted by Crippen LogP contribution is -2.22. The van der Waals surface area contributed by atoms with Crippen LogP contribution in [0.5, 0.6) is 0 Å². The van der Waals surface area contributed by atoms with Crippen molar-refractivity contribution in [3.8, 4) is 0 Å². The van der Waals surface area contributed by atoms with Crippen LogP contribution in [0.4, 0.5) is 4.79 Å². The molecule has 1 N–H and O–H groups in total. The van der Waals surface area contributed by atoms with E-state index in [1.54, 1.807) is 32.9 Å². The van der Waals surface area contributed by atoms with Crippen LogP contribution in [0.2, 0.25) is 0 Å². The summed E-state index contributed by atoms with van der Waals surface area (Å²) in [7, 11) is -2.79. The lowest BCUT2D eigenvalue weighted by atomic mass is 10.1. The molecule has 21 heavy (non-hydrogen) atoms. The SMILES string of the molecule is CC(C)(C)OC(=O)N=S(C)(=O)Cc1ccc(C(=O)O)cc1. The van der Waals surface area contributed by atoms with Gasteiger partial charge in [-0.25, -0.2) is 13.8 Å². The van der Waals surface area contributed by atoms with Crippen LogP contribution in [-0.2, 0) is 20.2 Å². The Balaban J connectivity index is 2.87. The number of hydrogen-bond acceptors (Lipinski definition) is 4. The second kappa shape index (κ2) is 6.26. The van der Waals surface area contributed by atoms with Crippen LogP contribution in [0.15, 0.2) is 28.6 Å². The van der Waals surface area contributed by atoms with Crippen LogP contribution in [-0.4, -0.2) is 33.2 Å². The van der Waals surface area contributed by atoms with Crippen molar-refractivity contribution in [2.75, 3.05) is 6.26 Å². The molecule has 0 fully saturated rings. The molecule has 0 aliphatic carbocycles. The molecule has 1 unspecified atom stereocenters. The van der Waals surface area contributed by atoms with Crippen LogP contribution in [0, 0.1) is 0 Å². The average molecular weight is 313 g/mol. The highest BCUT2D eigenvalue weighted by molar-refractivity contribution is 7.92. The van der Waals surface area contributed by atoms with Gasteiger partial charge in [-0.3, -0.25) is 0 Å². The molecular formula is C14H19NO5S. The van der Waals surface area contributed by atoms with Gasteiger partial charge in [0, 0.05) is 6.26 Å². The molecule has 0 bridgehead atoms. The number of carbonyl (C=O) groups is 2. The standard InChI is InChI=1S/C14H19NO5S/c1-14(2,3)20-13(18)15-21(4,19)9-10-5-7-11(8-6-10)12(16)17/h5-8H,9H2,1-4H3,(H,16,17). The Bertz CT molecular complexity index is 649. The molecule has 0 aromatic heterocycles. The maximum atomic E-state index is 12.3. The van der Waals surface area contributed by atoms with Crippen LogP contribution < -0.4 is 0 Å². The molecule has 0 saturated carbocycles. The largest absolute Gasteiger partial charge is 0.478 e. The summed E-state index contributed by atoms with van der Waals surface area (Å²) in [5.74, 6) is -0.983. The third-order valence-electron chi connectivity index (χ3n) is 2.30. The number of aromatic carboxylic acids is 1. The molecule has 1 rings (SSSR count). The van der Waals surface area contributed by atoms with Gasteiger partial charge in [-0.1, -0.05) is 12.1 Å². The highest BCUT2D eigenvalue weighted by Gasteiger charge is 2.17. The molecule has 6 nitrogen and oxygen atoms in total. The molecule has 1 aromatic rings. The van der Waals surface area contributed by atoms with E-state index in [0.29, 0.717) is 5.56 Å². The highest BCUT2D eigenvalue weighted by Crippen LogP contribution is 2.12. The van der Waals surface area contributed by atoms with Crippen LogP contribution in [0.3, 0.4) is 0 Å². The van der Waals surface area contributed by atoms with Gasteiger partial charge in [0.15, 0.2) is 0 Å². The highest BCUT2D eigenvalue weighted by atomic mass is 32.2. The number of nitrogens with zero attached hydrogens (tertiary/aromatic N) is 1. The Morgan fingerprint density at radius 2 is 1.76 bits per heavy atom. The molecule has 1 atom stereocenters. The predicted molar refractivity (Wildman–Crippen MR) is 79.8 cm³/mol. The number of carboxylic acid groups (broad SMARTS) is 1. The van der Waals surface area contributed by atoms with Gasteiger partial charge in [-0.15, -0.1) is 4.36 Å². The quantitative estimate of drug-likeness (QED) is 0.926. The molecule has 7 heteroatoms. The number of benzene rings is 1. The zero-order valence-corrected chi connectivity index (χ0v) is 13.3. The van der Waals surface area contributed by atoms with E-state index in [9.17, 15) is 13.8 Å².